The highest BCUT2D eigenvalue weighted by atomic mass is 35.5. The van der Waals surface area contributed by atoms with Crippen LogP contribution in [0.2, 0.25) is 10.0 Å². The van der Waals surface area contributed by atoms with Gasteiger partial charge in [-0.05, 0) is 43.3 Å². The van der Waals surface area contributed by atoms with Crippen LogP contribution >= 0.6 is 23.2 Å². The Labute approximate surface area is 123 Å². The van der Waals surface area contributed by atoms with Crippen molar-refractivity contribution in [2.75, 3.05) is 7.05 Å². The Hall–Kier alpha value is -1.22. The lowest BCUT2D eigenvalue weighted by molar-refractivity contribution is 0.479. The zero-order chi connectivity index (χ0) is 13.8. The Morgan fingerprint density at radius 2 is 1.84 bits per heavy atom. The Kier molecular flexibility index (Phi) is 4.70. The van der Waals surface area contributed by atoms with Gasteiger partial charge in [0.1, 0.15) is 11.5 Å². The summed E-state index contributed by atoms with van der Waals surface area (Å²) >= 11 is 12.0. The lowest BCUT2D eigenvalue weighted by atomic mass is 10.1. The third-order valence-electron chi connectivity index (χ3n) is 2.73. The van der Waals surface area contributed by atoms with Gasteiger partial charge in [0, 0.05) is 17.6 Å². The molecule has 2 nitrogen and oxygen atoms in total. The molecule has 0 spiro atoms. The van der Waals surface area contributed by atoms with E-state index < -0.39 is 0 Å². The van der Waals surface area contributed by atoms with Crippen LogP contribution in [0.4, 0.5) is 0 Å². The van der Waals surface area contributed by atoms with E-state index in [4.69, 9.17) is 27.9 Å². The highest BCUT2D eigenvalue weighted by Crippen LogP contribution is 2.33. The van der Waals surface area contributed by atoms with E-state index in [0.29, 0.717) is 15.8 Å². The smallest absolute Gasteiger partial charge is 0.147 e. The molecule has 0 aliphatic rings. The first-order valence-corrected chi connectivity index (χ1v) is 6.73. The predicted molar refractivity (Wildman–Crippen MR) is 80.5 cm³/mol. The third-order valence-corrected chi connectivity index (χ3v) is 3.28. The summed E-state index contributed by atoms with van der Waals surface area (Å²) in [6.07, 6.45) is 0. The van der Waals surface area contributed by atoms with Crippen LogP contribution in [-0.4, -0.2) is 7.05 Å². The molecule has 0 aromatic heterocycles. The molecule has 0 fully saturated rings. The second-order valence-electron chi connectivity index (χ2n) is 4.31. The maximum Gasteiger partial charge on any atom is 0.147 e. The molecule has 4 heteroatoms. The SMILES string of the molecule is CNCc1ccc(Oc2cc(Cl)ccc2Cl)c(C)c1. The van der Waals surface area contributed by atoms with Gasteiger partial charge in [0.05, 0.1) is 5.02 Å². The average Bonchev–Trinajstić information content (AvgIpc) is 2.37. The number of hydrogen-bond donors (Lipinski definition) is 1. The molecule has 0 aliphatic carbocycles. The van der Waals surface area contributed by atoms with Crippen molar-refractivity contribution in [2.24, 2.45) is 0 Å². The molecule has 0 heterocycles. The zero-order valence-electron chi connectivity index (χ0n) is 10.8. The van der Waals surface area contributed by atoms with Gasteiger partial charge in [-0.15, -0.1) is 0 Å². The fraction of sp³-hybridized carbons (Fsp3) is 0.200. The Morgan fingerprint density at radius 1 is 1.05 bits per heavy atom. The molecule has 100 valence electrons. The van der Waals surface area contributed by atoms with Crippen LogP contribution in [0.1, 0.15) is 11.1 Å². The van der Waals surface area contributed by atoms with Crippen molar-refractivity contribution in [3.63, 3.8) is 0 Å². The van der Waals surface area contributed by atoms with Gasteiger partial charge in [-0.1, -0.05) is 35.3 Å². The molecule has 0 aliphatic heterocycles. The van der Waals surface area contributed by atoms with Gasteiger partial charge in [0.25, 0.3) is 0 Å². The van der Waals surface area contributed by atoms with Gasteiger partial charge in [-0.2, -0.15) is 0 Å². The van der Waals surface area contributed by atoms with Gasteiger partial charge in [-0.25, -0.2) is 0 Å². The van der Waals surface area contributed by atoms with Crippen LogP contribution in [0.25, 0.3) is 0 Å². The highest BCUT2D eigenvalue weighted by Gasteiger charge is 2.07. The third kappa shape index (κ3) is 3.63. The molecule has 0 bridgehead atoms. The topological polar surface area (TPSA) is 21.3 Å². The highest BCUT2D eigenvalue weighted by molar-refractivity contribution is 6.34. The minimum atomic E-state index is 0.545. The standard InChI is InChI=1S/C15H15Cl2NO/c1-10-7-11(9-18-2)3-6-14(10)19-15-8-12(16)4-5-13(15)17/h3-8,18H,9H2,1-2H3. The second kappa shape index (κ2) is 6.29. The zero-order valence-corrected chi connectivity index (χ0v) is 12.3. The molecule has 0 saturated carbocycles. The number of aryl methyl sites for hydroxylation is 1. The van der Waals surface area contributed by atoms with E-state index in [9.17, 15) is 0 Å². The minimum absolute atomic E-state index is 0.545. The van der Waals surface area contributed by atoms with Crippen LogP contribution < -0.4 is 10.1 Å². The summed E-state index contributed by atoms with van der Waals surface area (Å²) in [6, 6.07) is 11.2. The maximum absolute atomic E-state index is 6.09. The number of benzene rings is 2. The molecule has 0 atom stereocenters. The number of rotatable bonds is 4. The maximum atomic E-state index is 6.09. The van der Waals surface area contributed by atoms with E-state index in [1.54, 1.807) is 18.2 Å². The van der Waals surface area contributed by atoms with Crippen molar-refractivity contribution in [2.45, 2.75) is 13.5 Å². The van der Waals surface area contributed by atoms with E-state index >= 15 is 0 Å². The van der Waals surface area contributed by atoms with E-state index in [1.807, 2.05) is 26.1 Å². The van der Waals surface area contributed by atoms with Crippen LogP contribution in [0.3, 0.4) is 0 Å². The monoisotopic (exact) mass is 295 g/mol. The summed E-state index contributed by atoms with van der Waals surface area (Å²) in [7, 11) is 1.92. The first-order valence-electron chi connectivity index (χ1n) is 5.97. The van der Waals surface area contributed by atoms with E-state index in [-0.39, 0.29) is 0 Å². The van der Waals surface area contributed by atoms with E-state index in [2.05, 4.69) is 11.4 Å². The summed E-state index contributed by atoms with van der Waals surface area (Å²) in [5.74, 6) is 1.35. The van der Waals surface area contributed by atoms with E-state index in [0.717, 1.165) is 17.9 Å². The Balaban J connectivity index is 2.25. The summed E-state index contributed by atoms with van der Waals surface area (Å²) in [6.45, 7) is 2.84. The molecule has 2 aromatic rings. The summed E-state index contributed by atoms with van der Waals surface area (Å²) in [4.78, 5) is 0. The number of halogens is 2. The van der Waals surface area contributed by atoms with Crippen LogP contribution in [0, 0.1) is 6.92 Å². The quantitative estimate of drug-likeness (QED) is 0.874. The molecule has 0 amide bonds. The molecule has 0 saturated heterocycles. The van der Waals surface area contributed by atoms with Crippen molar-refractivity contribution in [1.82, 2.24) is 5.32 Å². The lowest BCUT2D eigenvalue weighted by Crippen LogP contribution is -2.05. The molecule has 19 heavy (non-hydrogen) atoms. The van der Waals surface area contributed by atoms with Gasteiger partial charge in [-0.3, -0.25) is 0 Å². The fourth-order valence-corrected chi connectivity index (χ4v) is 2.13. The summed E-state index contributed by atoms with van der Waals surface area (Å²) in [5, 5.41) is 4.26. The number of ether oxygens (including phenoxy) is 1. The molecule has 2 rings (SSSR count). The average molecular weight is 296 g/mol. The van der Waals surface area contributed by atoms with Gasteiger partial charge in [0.15, 0.2) is 0 Å². The first-order chi connectivity index (χ1) is 9.10. The Bertz CT molecular complexity index is 584. The summed E-state index contributed by atoms with van der Waals surface area (Å²) < 4.78 is 5.82. The van der Waals surface area contributed by atoms with E-state index in [1.165, 1.54) is 5.56 Å². The first kappa shape index (κ1) is 14.2. The van der Waals surface area contributed by atoms with Crippen molar-refractivity contribution in [1.29, 1.82) is 0 Å². The number of hydrogen-bond acceptors (Lipinski definition) is 2. The lowest BCUT2D eigenvalue weighted by Gasteiger charge is -2.11. The van der Waals surface area contributed by atoms with Crippen LogP contribution in [-0.2, 0) is 6.54 Å². The molecule has 0 unspecified atom stereocenters. The molecule has 2 aromatic carbocycles. The predicted octanol–water partition coefficient (Wildman–Crippen LogP) is 4.81. The fourth-order valence-electron chi connectivity index (χ4n) is 1.81. The van der Waals surface area contributed by atoms with Gasteiger partial charge in [0.2, 0.25) is 0 Å². The minimum Gasteiger partial charge on any atom is -0.455 e. The van der Waals surface area contributed by atoms with Crippen molar-refractivity contribution in [3.05, 3.63) is 57.6 Å². The molecule has 1 N–H and O–H groups in total. The molecular weight excluding hydrogens is 281 g/mol. The van der Waals surface area contributed by atoms with Gasteiger partial charge < -0.3 is 10.1 Å². The van der Waals surface area contributed by atoms with Crippen molar-refractivity contribution >= 4 is 23.2 Å². The molecule has 0 radical (unpaired) electrons. The summed E-state index contributed by atoms with van der Waals surface area (Å²) in [5.41, 5.74) is 2.27. The molecular formula is C15H15Cl2NO. The number of nitrogens with one attached hydrogen (secondary N) is 1. The second-order valence-corrected chi connectivity index (χ2v) is 5.15. The van der Waals surface area contributed by atoms with Crippen LogP contribution in [0.15, 0.2) is 36.4 Å². The van der Waals surface area contributed by atoms with Gasteiger partial charge >= 0.3 is 0 Å². The van der Waals surface area contributed by atoms with Crippen LogP contribution in [0.5, 0.6) is 11.5 Å². The van der Waals surface area contributed by atoms with Crippen molar-refractivity contribution in [3.8, 4) is 11.5 Å². The normalized spacial score (nSPS) is 10.5. The Morgan fingerprint density at radius 3 is 2.53 bits per heavy atom. The largest absolute Gasteiger partial charge is 0.455 e. The van der Waals surface area contributed by atoms with Crippen molar-refractivity contribution < 1.29 is 4.74 Å².